The fourth-order valence-electron chi connectivity index (χ4n) is 6.05. The number of rotatable bonds is 5. The molecule has 4 fully saturated rings. The molecular weight excluding hydrogens is 435 g/mol. The highest BCUT2D eigenvalue weighted by Crippen LogP contribution is 2.33. The number of amides is 1. The van der Waals surface area contributed by atoms with Gasteiger partial charge in [0, 0.05) is 31.7 Å². The molecule has 1 saturated carbocycles. The first-order valence-corrected chi connectivity index (χ1v) is 12.5. The Hall–Kier alpha value is -0.980. The summed E-state index contributed by atoms with van der Waals surface area (Å²) in [7, 11) is 1.34. The quantitative estimate of drug-likeness (QED) is 0.345. The third-order valence-electron chi connectivity index (χ3n) is 8.04. The van der Waals surface area contributed by atoms with Crippen LogP contribution in [-0.4, -0.2) is 80.8 Å². The van der Waals surface area contributed by atoms with Crippen molar-refractivity contribution in [3.63, 3.8) is 0 Å². The van der Waals surface area contributed by atoms with Crippen LogP contribution < -0.4 is 32.0 Å². The Balaban J connectivity index is 1.30. The molecule has 0 aromatic carbocycles. The predicted molar refractivity (Wildman–Crippen MR) is 120 cm³/mol. The Morgan fingerprint density at radius 1 is 1.09 bits per heavy atom. The molecule has 0 aromatic heterocycles. The van der Waals surface area contributed by atoms with E-state index in [0.29, 0.717) is 17.9 Å². The van der Waals surface area contributed by atoms with Crippen molar-refractivity contribution in [3.8, 4) is 0 Å². The van der Waals surface area contributed by atoms with Gasteiger partial charge in [0.25, 0.3) is 0 Å². The first kappa shape index (κ1) is 25.1. The zero-order valence-electron chi connectivity index (χ0n) is 19.7. The summed E-state index contributed by atoms with van der Waals surface area (Å²) in [6, 6.07) is -1.26. The number of hydrazine groups is 1. The molecule has 0 radical (unpaired) electrons. The van der Waals surface area contributed by atoms with Gasteiger partial charge >= 0.3 is 6.18 Å². The maximum atomic E-state index is 13.5. The van der Waals surface area contributed by atoms with Crippen molar-refractivity contribution in [2.75, 3.05) is 33.2 Å². The van der Waals surface area contributed by atoms with Crippen molar-refractivity contribution in [1.82, 2.24) is 37.0 Å². The van der Waals surface area contributed by atoms with Crippen LogP contribution in [0, 0.1) is 17.8 Å². The number of nitrogens with zero attached hydrogens (tertiary/aromatic N) is 1. The van der Waals surface area contributed by atoms with E-state index < -0.39 is 24.0 Å². The summed E-state index contributed by atoms with van der Waals surface area (Å²) >= 11 is 0. The molecule has 4 rings (SSSR count). The molecule has 0 spiro atoms. The van der Waals surface area contributed by atoms with Gasteiger partial charge in [-0.05, 0) is 70.0 Å². The fourth-order valence-corrected chi connectivity index (χ4v) is 6.05. The van der Waals surface area contributed by atoms with E-state index in [9.17, 15) is 18.0 Å². The molecule has 8 atom stereocenters. The molecule has 0 aromatic rings. The molecule has 8 nitrogen and oxygen atoms in total. The van der Waals surface area contributed by atoms with Crippen LogP contribution in [0.2, 0.25) is 0 Å². The molecule has 11 heteroatoms. The normalized spacial score (nSPS) is 41.1. The number of piperidine rings is 1. The molecule has 3 saturated heterocycles. The number of halogens is 3. The molecule has 3 aliphatic heterocycles. The summed E-state index contributed by atoms with van der Waals surface area (Å²) in [6.07, 6.45) is 1.56. The van der Waals surface area contributed by atoms with Crippen molar-refractivity contribution < 1.29 is 18.0 Å². The van der Waals surface area contributed by atoms with Crippen molar-refractivity contribution >= 4 is 5.91 Å². The van der Waals surface area contributed by atoms with Gasteiger partial charge in [0.2, 0.25) is 5.91 Å². The number of carbonyl (C=O) groups excluding carboxylic acids is 1. The van der Waals surface area contributed by atoms with Crippen LogP contribution in [0.5, 0.6) is 0 Å². The molecule has 6 N–H and O–H groups in total. The van der Waals surface area contributed by atoms with Gasteiger partial charge < -0.3 is 10.6 Å². The van der Waals surface area contributed by atoms with E-state index in [2.05, 4.69) is 38.9 Å². The van der Waals surface area contributed by atoms with Crippen LogP contribution >= 0.6 is 0 Å². The summed E-state index contributed by atoms with van der Waals surface area (Å²) in [5.74, 6) is -0.570. The van der Waals surface area contributed by atoms with Crippen molar-refractivity contribution in [2.24, 2.45) is 17.8 Å². The minimum atomic E-state index is -4.45. The van der Waals surface area contributed by atoms with E-state index in [0.717, 1.165) is 50.3 Å². The standard InChI is InChI=1S/C22H40F3N7O/c1-13-5-6-15(29-20(33)16-12-28-32(2)19(16)22(23,24)25)10-18(13)31-21-27-9-7-17(30-21)14-4-3-8-26-11-14/h13-19,21,26-28,30-31H,3-12H2,1-2H3,(H,29,33). The van der Waals surface area contributed by atoms with Crippen LogP contribution in [0.1, 0.15) is 45.4 Å². The van der Waals surface area contributed by atoms with Gasteiger partial charge in [0.15, 0.2) is 0 Å². The maximum absolute atomic E-state index is 13.5. The van der Waals surface area contributed by atoms with Gasteiger partial charge in [-0.2, -0.15) is 13.2 Å². The highest BCUT2D eigenvalue weighted by atomic mass is 19.4. The lowest BCUT2D eigenvalue weighted by atomic mass is 9.82. The first-order valence-electron chi connectivity index (χ1n) is 12.5. The van der Waals surface area contributed by atoms with E-state index in [1.165, 1.54) is 19.9 Å². The van der Waals surface area contributed by atoms with E-state index in [-0.39, 0.29) is 24.9 Å². The lowest BCUT2D eigenvalue weighted by molar-refractivity contribution is -0.188. The predicted octanol–water partition coefficient (Wildman–Crippen LogP) is 0.481. The molecule has 4 aliphatic rings. The Morgan fingerprint density at radius 2 is 1.91 bits per heavy atom. The summed E-state index contributed by atoms with van der Waals surface area (Å²) < 4.78 is 40.4. The minimum Gasteiger partial charge on any atom is -0.353 e. The van der Waals surface area contributed by atoms with Gasteiger partial charge in [-0.25, -0.2) is 5.01 Å². The molecule has 33 heavy (non-hydrogen) atoms. The second-order valence-electron chi connectivity index (χ2n) is 10.4. The van der Waals surface area contributed by atoms with Crippen molar-refractivity contribution in [1.29, 1.82) is 0 Å². The Morgan fingerprint density at radius 3 is 2.64 bits per heavy atom. The van der Waals surface area contributed by atoms with Gasteiger partial charge in [0.05, 0.1) is 5.92 Å². The smallest absolute Gasteiger partial charge is 0.353 e. The zero-order chi connectivity index (χ0) is 23.6. The molecule has 1 aliphatic carbocycles. The summed E-state index contributed by atoms with van der Waals surface area (Å²) in [4.78, 5) is 12.8. The van der Waals surface area contributed by atoms with Gasteiger partial charge in [-0.15, -0.1) is 0 Å². The van der Waals surface area contributed by atoms with E-state index in [4.69, 9.17) is 0 Å². The lowest BCUT2D eigenvalue weighted by Crippen LogP contribution is -2.66. The van der Waals surface area contributed by atoms with Crippen molar-refractivity contribution in [2.45, 2.75) is 82.1 Å². The fraction of sp³-hybridized carbons (Fsp3) is 0.955. The highest BCUT2D eigenvalue weighted by Gasteiger charge is 2.53. The maximum Gasteiger partial charge on any atom is 0.406 e. The number of hydrogen-bond donors (Lipinski definition) is 6. The topological polar surface area (TPSA) is 92.5 Å². The summed E-state index contributed by atoms with van der Waals surface area (Å²) in [6.45, 7) is 5.32. The van der Waals surface area contributed by atoms with E-state index in [1.54, 1.807) is 0 Å². The summed E-state index contributed by atoms with van der Waals surface area (Å²) in [5, 5.41) is 18.4. The molecular formula is C22H40F3N7O. The zero-order valence-corrected chi connectivity index (χ0v) is 19.7. The van der Waals surface area contributed by atoms with Gasteiger partial charge in [-0.1, -0.05) is 6.92 Å². The third-order valence-corrected chi connectivity index (χ3v) is 8.04. The van der Waals surface area contributed by atoms with Crippen LogP contribution in [0.4, 0.5) is 13.2 Å². The van der Waals surface area contributed by atoms with E-state index in [1.807, 2.05) is 0 Å². The Kier molecular flexibility index (Phi) is 8.18. The molecule has 8 unspecified atom stereocenters. The molecule has 190 valence electrons. The number of hydrogen-bond acceptors (Lipinski definition) is 7. The summed E-state index contributed by atoms with van der Waals surface area (Å²) in [5.41, 5.74) is 2.66. The van der Waals surface area contributed by atoms with Gasteiger partial charge in [-0.3, -0.25) is 26.2 Å². The number of carbonyl (C=O) groups is 1. The lowest BCUT2D eigenvalue weighted by Gasteiger charge is -2.43. The SMILES string of the molecule is CC1CCC(NC(=O)C2CNN(C)C2C(F)(F)F)CC1NC1NCCC(C2CCCNC2)N1. The third kappa shape index (κ3) is 6.18. The monoisotopic (exact) mass is 475 g/mol. The second kappa shape index (κ2) is 10.7. The van der Waals surface area contributed by atoms with Crippen molar-refractivity contribution in [3.05, 3.63) is 0 Å². The average Bonchev–Trinajstić information content (AvgIpc) is 3.19. The van der Waals surface area contributed by atoms with Crippen LogP contribution in [-0.2, 0) is 4.79 Å². The molecule has 3 heterocycles. The van der Waals surface area contributed by atoms with E-state index >= 15 is 0 Å². The van der Waals surface area contributed by atoms with Crippen LogP contribution in [0.15, 0.2) is 0 Å². The highest BCUT2D eigenvalue weighted by molar-refractivity contribution is 5.80. The van der Waals surface area contributed by atoms with Crippen LogP contribution in [0.25, 0.3) is 0 Å². The number of alkyl halides is 3. The average molecular weight is 476 g/mol. The number of nitrogens with one attached hydrogen (secondary N) is 6. The Labute approximate surface area is 194 Å². The first-order chi connectivity index (χ1) is 15.7. The van der Waals surface area contributed by atoms with Gasteiger partial charge in [0.1, 0.15) is 12.3 Å². The Bertz CT molecular complexity index is 660. The molecule has 0 bridgehead atoms. The molecule has 1 amide bonds. The van der Waals surface area contributed by atoms with Crippen LogP contribution in [0.3, 0.4) is 0 Å². The largest absolute Gasteiger partial charge is 0.406 e. The second-order valence-corrected chi connectivity index (χ2v) is 10.4. The minimum absolute atomic E-state index is 0.00460.